The molecule has 0 atom stereocenters. The third kappa shape index (κ3) is 2.96. The second-order valence-corrected chi connectivity index (χ2v) is 5.81. The van der Waals surface area contributed by atoms with E-state index < -0.39 is 10.0 Å². The van der Waals surface area contributed by atoms with Gasteiger partial charge in [0, 0.05) is 12.7 Å². The van der Waals surface area contributed by atoms with E-state index in [1.165, 1.54) is 0 Å². The Morgan fingerprint density at radius 1 is 1.33 bits per heavy atom. The van der Waals surface area contributed by atoms with Crippen LogP contribution >= 0.6 is 0 Å². The second-order valence-electron chi connectivity index (χ2n) is 3.71. The summed E-state index contributed by atoms with van der Waals surface area (Å²) in [6.45, 7) is 1.80. The van der Waals surface area contributed by atoms with Crippen molar-refractivity contribution in [2.45, 2.75) is 13.5 Å². The van der Waals surface area contributed by atoms with Gasteiger partial charge >= 0.3 is 0 Å². The standard InChI is InChI=1S/C12H14N2O3S/c1-2-18(15,16)14-9-10-5-3-7-13-12(10)11-6-4-8-17-11/h3-8,14H,2,9H2,1H3. The van der Waals surface area contributed by atoms with Gasteiger partial charge in [0.15, 0.2) is 5.76 Å². The summed E-state index contributed by atoms with van der Waals surface area (Å²) in [5.74, 6) is 0.685. The summed E-state index contributed by atoms with van der Waals surface area (Å²) in [6, 6.07) is 7.15. The predicted molar refractivity (Wildman–Crippen MR) is 68.2 cm³/mol. The number of nitrogens with zero attached hydrogens (tertiary/aromatic N) is 1. The van der Waals surface area contributed by atoms with Crippen molar-refractivity contribution in [1.29, 1.82) is 0 Å². The maximum Gasteiger partial charge on any atom is 0.211 e. The van der Waals surface area contributed by atoms with Crippen molar-refractivity contribution < 1.29 is 12.8 Å². The van der Waals surface area contributed by atoms with Crippen molar-refractivity contribution >= 4 is 10.0 Å². The molecule has 0 radical (unpaired) electrons. The van der Waals surface area contributed by atoms with Crippen molar-refractivity contribution in [2.24, 2.45) is 0 Å². The maximum absolute atomic E-state index is 11.4. The quantitative estimate of drug-likeness (QED) is 0.895. The summed E-state index contributed by atoms with van der Waals surface area (Å²) >= 11 is 0. The van der Waals surface area contributed by atoms with Crippen LogP contribution in [-0.2, 0) is 16.6 Å². The molecule has 1 N–H and O–H groups in total. The van der Waals surface area contributed by atoms with E-state index in [0.29, 0.717) is 11.5 Å². The highest BCUT2D eigenvalue weighted by atomic mass is 32.2. The van der Waals surface area contributed by atoms with Crippen LogP contribution in [0.4, 0.5) is 0 Å². The number of pyridine rings is 1. The van der Waals surface area contributed by atoms with E-state index in [1.54, 1.807) is 37.6 Å². The molecule has 0 aromatic carbocycles. The van der Waals surface area contributed by atoms with E-state index in [1.807, 2.05) is 6.07 Å². The highest BCUT2D eigenvalue weighted by Gasteiger charge is 2.11. The molecule has 0 amide bonds. The summed E-state index contributed by atoms with van der Waals surface area (Å²) in [7, 11) is -3.21. The Kier molecular flexibility index (Phi) is 3.78. The molecular formula is C12H14N2O3S. The van der Waals surface area contributed by atoms with E-state index in [-0.39, 0.29) is 12.3 Å². The second kappa shape index (κ2) is 5.32. The van der Waals surface area contributed by atoms with E-state index in [2.05, 4.69) is 9.71 Å². The Bertz CT molecular complexity index is 606. The average molecular weight is 266 g/mol. The van der Waals surface area contributed by atoms with Crippen LogP contribution in [0.25, 0.3) is 11.5 Å². The predicted octanol–water partition coefficient (Wildman–Crippen LogP) is 1.78. The molecule has 0 unspecified atom stereocenters. The zero-order chi connectivity index (χ0) is 13.0. The summed E-state index contributed by atoms with van der Waals surface area (Å²) in [5.41, 5.74) is 1.44. The molecule has 96 valence electrons. The lowest BCUT2D eigenvalue weighted by atomic mass is 10.1. The molecule has 2 rings (SSSR count). The molecule has 0 fully saturated rings. The molecule has 0 spiro atoms. The van der Waals surface area contributed by atoms with Crippen LogP contribution in [0.3, 0.4) is 0 Å². The van der Waals surface area contributed by atoms with Crippen LogP contribution in [-0.4, -0.2) is 19.2 Å². The molecule has 0 saturated heterocycles. The molecule has 2 aromatic rings. The van der Waals surface area contributed by atoms with Gasteiger partial charge in [0.2, 0.25) is 10.0 Å². The van der Waals surface area contributed by atoms with E-state index in [4.69, 9.17) is 4.42 Å². The summed E-state index contributed by atoms with van der Waals surface area (Å²) in [5, 5.41) is 0. The first-order valence-electron chi connectivity index (χ1n) is 5.57. The largest absolute Gasteiger partial charge is 0.463 e. The van der Waals surface area contributed by atoms with Gasteiger partial charge in [-0.05, 0) is 30.7 Å². The molecule has 0 aliphatic carbocycles. The normalized spacial score (nSPS) is 11.6. The topological polar surface area (TPSA) is 72.2 Å². The summed E-state index contributed by atoms with van der Waals surface area (Å²) in [6.07, 6.45) is 3.21. The zero-order valence-electron chi connectivity index (χ0n) is 9.96. The minimum absolute atomic E-state index is 0.0589. The molecule has 0 bridgehead atoms. The fourth-order valence-corrected chi connectivity index (χ4v) is 2.09. The van der Waals surface area contributed by atoms with Crippen LogP contribution in [0.5, 0.6) is 0 Å². The molecule has 18 heavy (non-hydrogen) atoms. The fraction of sp³-hybridized carbons (Fsp3) is 0.250. The molecular weight excluding hydrogens is 252 g/mol. The number of aromatic nitrogens is 1. The third-order valence-corrected chi connectivity index (χ3v) is 3.85. The summed E-state index contributed by atoms with van der Waals surface area (Å²) < 4.78 is 30.6. The first kappa shape index (κ1) is 12.8. The van der Waals surface area contributed by atoms with Gasteiger partial charge in [0.1, 0.15) is 5.69 Å². The number of furan rings is 1. The molecule has 0 saturated carbocycles. The monoisotopic (exact) mass is 266 g/mol. The van der Waals surface area contributed by atoms with Crippen LogP contribution in [0.1, 0.15) is 12.5 Å². The van der Waals surface area contributed by atoms with Gasteiger partial charge in [0.25, 0.3) is 0 Å². The molecule has 2 heterocycles. The minimum Gasteiger partial charge on any atom is -0.463 e. The number of nitrogens with one attached hydrogen (secondary N) is 1. The van der Waals surface area contributed by atoms with Crippen LogP contribution in [0.15, 0.2) is 41.1 Å². The van der Waals surface area contributed by atoms with Gasteiger partial charge < -0.3 is 4.42 Å². The Morgan fingerprint density at radius 2 is 2.17 bits per heavy atom. The van der Waals surface area contributed by atoms with E-state index in [9.17, 15) is 8.42 Å². The Balaban J connectivity index is 2.24. The highest BCUT2D eigenvalue weighted by Crippen LogP contribution is 2.21. The molecule has 0 aliphatic heterocycles. The molecule has 0 aliphatic rings. The molecule has 5 nitrogen and oxygen atoms in total. The van der Waals surface area contributed by atoms with Gasteiger partial charge in [-0.3, -0.25) is 4.98 Å². The zero-order valence-corrected chi connectivity index (χ0v) is 10.8. The van der Waals surface area contributed by atoms with Crippen molar-refractivity contribution in [3.05, 3.63) is 42.3 Å². The SMILES string of the molecule is CCS(=O)(=O)NCc1cccnc1-c1ccco1. The number of sulfonamides is 1. The van der Waals surface area contributed by atoms with Crippen molar-refractivity contribution in [2.75, 3.05) is 5.75 Å². The van der Waals surface area contributed by atoms with E-state index in [0.717, 1.165) is 5.56 Å². The Hall–Kier alpha value is -1.66. The van der Waals surface area contributed by atoms with Gasteiger partial charge in [0.05, 0.1) is 12.0 Å². The van der Waals surface area contributed by atoms with Crippen molar-refractivity contribution in [3.63, 3.8) is 0 Å². The lowest BCUT2D eigenvalue weighted by molar-refractivity contribution is 0.575. The maximum atomic E-state index is 11.4. The van der Waals surface area contributed by atoms with Crippen LogP contribution < -0.4 is 4.72 Å². The Labute approximate surface area is 106 Å². The summed E-state index contributed by atoms with van der Waals surface area (Å²) in [4.78, 5) is 4.22. The molecule has 6 heteroatoms. The first-order chi connectivity index (χ1) is 8.62. The highest BCUT2D eigenvalue weighted by molar-refractivity contribution is 7.89. The number of rotatable bonds is 5. The van der Waals surface area contributed by atoms with Crippen LogP contribution in [0.2, 0.25) is 0 Å². The van der Waals surface area contributed by atoms with Crippen molar-refractivity contribution in [1.82, 2.24) is 9.71 Å². The third-order valence-electron chi connectivity index (χ3n) is 2.51. The number of hydrogen-bond donors (Lipinski definition) is 1. The van der Waals surface area contributed by atoms with Gasteiger partial charge in [-0.25, -0.2) is 13.1 Å². The lowest BCUT2D eigenvalue weighted by Crippen LogP contribution is -2.25. The average Bonchev–Trinajstić information content (AvgIpc) is 2.91. The lowest BCUT2D eigenvalue weighted by Gasteiger charge is -2.07. The van der Waals surface area contributed by atoms with Gasteiger partial charge in [-0.1, -0.05) is 6.07 Å². The minimum atomic E-state index is -3.21. The first-order valence-corrected chi connectivity index (χ1v) is 7.22. The van der Waals surface area contributed by atoms with Crippen LogP contribution in [0, 0.1) is 0 Å². The van der Waals surface area contributed by atoms with Crippen molar-refractivity contribution in [3.8, 4) is 11.5 Å². The fourth-order valence-electron chi connectivity index (χ4n) is 1.51. The molecule has 2 aromatic heterocycles. The van der Waals surface area contributed by atoms with Gasteiger partial charge in [-0.15, -0.1) is 0 Å². The van der Waals surface area contributed by atoms with Gasteiger partial charge in [-0.2, -0.15) is 0 Å². The number of hydrogen-bond acceptors (Lipinski definition) is 4. The van der Waals surface area contributed by atoms with E-state index >= 15 is 0 Å². The smallest absolute Gasteiger partial charge is 0.211 e. The Morgan fingerprint density at radius 3 is 2.83 bits per heavy atom.